The van der Waals surface area contributed by atoms with Crippen molar-refractivity contribution in [3.63, 3.8) is 0 Å². The van der Waals surface area contributed by atoms with Crippen LogP contribution in [-0.2, 0) is 9.53 Å². The molecule has 1 fully saturated rings. The molecule has 0 bridgehead atoms. The van der Waals surface area contributed by atoms with Gasteiger partial charge in [0.1, 0.15) is 11.6 Å². The van der Waals surface area contributed by atoms with E-state index in [1.54, 1.807) is 12.3 Å². The molecule has 6 heteroatoms. The number of carbonyl (C=O) groups is 1. The third-order valence-corrected chi connectivity index (χ3v) is 5.13. The molecule has 0 spiro atoms. The Bertz CT molecular complexity index is 1000. The van der Waals surface area contributed by atoms with Gasteiger partial charge in [-0.25, -0.2) is 9.37 Å². The molecule has 1 saturated heterocycles. The summed E-state index contributed by atoms with van der Waals surface area (Å²) in [6, 6.07) is 12.3. The predicted molar refractivity (Wildman–Crippen MR) is 107 cm³/mol. The number of esters is 1. The Morgan fingerprint density at radius 3 is 2.79 bits per heavy atom. The smallest absolute Gasteiger partial charge is 0.309 e. The number of aromatic nitrogens is 2. The van der Waals surface area contributed by atoms with Crippen molar-refractivity contribution in [1.29, 1.82) is 0 Å². The molecule has 1 aliphatic heterocycles. The normalized spacial score (nSPS) is 15.0. The number of nitrogens with zero attached hydrogens (tertiary/aromatic N) is 3. The van der Waals surface area contributed by atoms with E-state index < -0.39 is 0 Å². The van der Waals surface area contributed by atoms with Gasteiger partial charge in [0.15, 0.2) is 0 Å². The summed E-state index contributed by atoms with van der Waals surface area (Å²) in [5.41, 5.74) is 2.12. The minimum atomic E-state index is -0.298. The second-order valence-corrected chi connectivity index (χ2v) is 6.92. The van der Waals surface area contributed by atoms with Crippen molar-refractivity contribution in [1.82, 2.24) is 9.97 Å². The van der Waals surface area contributed by atoms with Gasteiger partial charge in [-0.05, 0) is 50.1 Å². The largest absolute Gasteiger partial charge is 0.466 e. The summed E-state index contributed by atoms with van der Waals surface area (Å²) in [5.74, 6) is 0.404. The SMILES string of the molecule is CCOC(=O)C1CCN(c2ccc3ccnc(-c4cccc(F)c4)c3n2)CC1. The fourth-order valence-electron chi connectivity index (χ4n) is 3.66. The van der Waals surface area contributed by atoms with E-state index in [-0.39, 0.29) is 17.7 Å². The van der Waals surface area contributed by atoms with Gasteiger partial charge in [-0.2, -0.15) is 0 Å². The molecule has 0 aliphatic carbocycles. The fraction of sp³-hybridized carbons (Fsp3) is 0.318. The van der Waals surface area contributed by atoms with Crippen molar-refractivity contribution in [3.8, 4) is 11.3 Å². The van der Waals surface area contributed by atoms with E-state index in [2.05, 4.69) is 9.88 Å². The Morgan fingerprint density at radius 1 is 1.21 bits per heavy atom. The maximum atomic E-state index is 13.7. The predicted octanol–water partition coefficient (Wildman–Crippen LogP) is 4.22. The highest BCUT2D eigenvalue weighted by atomic mass is 19.1. The number of hydrogen-bond acceptors (Lipinski definition) is 5. The van der Waals surface area contributed by atoms with Gasteiger partial charge < -0.3 is 9.64 Å². The molecule has 28 heavy (non-hydrogen) atoms. The van der Waals surface area contributed by atoms with Crippen molar-refractivity contribution < 1.29 is 13.9 Å². The maximum absolute atomic E-state index is 13.7. The van der Waals surface area contributed by atoms with Crippen LogP contribution in [0.1, 0.15) is 19.8 Å². The molecular weight excluding hydrogens is 357 g/mol. The van der Waals surface area contributed by atoms with Crippen molar-refractivity contribution in [2.45, 2.75) is 19.8 Å². The molecule has 144 valence electrons. The lowest BCUT2D eigenvalue weighted by atomic mass is 9.97. The Labute approximate surface area is 163 Å². The molecule has 0 saturated carbocycles. The lowest BCUT2D eigenvalue weighted by Gasteiger charge is -2.31. The lowest BCUT2D eigenvalue weighted by molar-refractivity contribution is -0.148. The molecular formula is C22H22FN3O2. The minimum absolute atomic E-state index is 0.0406. The zero-order valence-corrected chi connectivity index (χ0v) is 15.8. The Kier molecular flexibility index (Phi) is 5.19. The number of hydrogen-bond donors (Lipinski definition) is 0. The van der Waals surface area contributed by atoms with E-state index in [4.69, 9.17) is 9.72 Å². The average molecular weight is 379 g/mol. The Morgan fingerprint density at radius 2 is 2.04 bits per heavy atom. The van der Waals surface area contributed by atoms with Crippen LogP contribution in [0, 0.1) is 11.7 Å². The van der Waals surface area contributed by atoms with Gasteiger partial charge >= 0.3 is 5.97 Å². The van der Waals surface area contributed by atoms with E-state index in [9.17, 15) is 9.18 Å². The van der Waals surface area contributed by atoms with Gasteiger partial charge in [0.05, 0.1) is 23.7 Å². The van der Waals surface area contributed by atoms with Crippen LogP contribution in [0.4, 0.5) is 10.2 Å². The standard InChI is InChI=1S/C22H22FN3O2/c1-2-28-22(27)16-9-12-26(13-10-16)19-7-6-15-8-11-24-20(21(15)25-19)17-4-3-5-18(23)14-17/h3-8,11,14,16H,2,9-10,12-13H2,1H3. The van der Waals surface area contributed by atoms with Crippen LogP contribution in [0.15, 0.2) is 48.7 Å². The summed E-state index contributed by atoms with van der Waals surface area (Å²) in [6.07, 6.45) is 3.22. The third kappa shape index (κ3) is 3.67. The first-order chi connectivity index (χ1) is 13.7. The van der Waals surface area contributed by atoms with E-state index in [0.29, 0.717) is 17.9 Å². The summed E-state index contributed by atoms with van der Waals surface area (Å²) < 4.78 is 18.8. The molecule has 5 nitrogen and oxygen atoms in total. The highest BCUT2D eigenvalue weighted by Gasteiger charge is 2.26. The van der Waals surface area contributed by atoms with Crippen molar-refractivity contribution in [3.05, 3.63) is 54.5 Å². The molecule has 0 radical (unpaired) electrons. The number of anilines is 1. The number of rotatable bonds is 4. The van der Waals surface area contributed by atoms with E-state index >= 15 is 0 Å². The second-order valence-electron chi connectivity index (χ2n) is 6.92. The molecule has 2 aromatic heterocycles. The number of carbonyl (C=O) groups excluding carboxylic acids is 1. The first kappa shape index (κ1) is 18.3. The van der Waals surface area contributed by atoms with Crippen LogP contribution in [-0.4, -0.2) is 35.6 Å². The van der Waals surface area contributed by atoms with Crippen molar-refractivity contribution >= 4 is 22.7 Å². The average Bonchev–Trinajstić information content (AvgIpc) is 2.73. The monoisotopic (exact) mass is 379 g/mol. The molecule has 1 aliphatic rings. The summed E-state index contributed by atoms with van der Waals surface area (Å²) >= 11 is 0. The van der Waals surface area contributed by atoms with Gasteiger partial charge in [0, 0.05) is 30.2 Å². The molecule has 0 N–H and O–H groups in total. The zero-order valence-electron chi connectivity index (χ0n) is 15.8. The molecule has 3 heterocycles. The van der Waals surface area contributed by atoms with Gasteiger partial charge in [-0.1, -0.05) is 12.1 Å². The van der Waals surface area contributed by atoms with Crippen LogP contribution in [0.2, 0.25) is 0 Å². The number of ether oxygens (including phenoxy) is 1. The summed E-state index contributed by atoms with van der Waals surface area (Å²) in [7, 11) is 0. The minimum Gasteiger partial charge on any atom is -0.466 e. The van der Waals surface area contributed by atoms with Crippen LogP contribution in [0.3, 0.4) is 0 Å². The second kappa shape index (κ2) is 7.92. The Balaban J connectivity index is 1.62. The van der Waals surface area contributed by atoms with E-state index in [0.717, 1.165) is 42.7 Å². The van der Waals surface area contributed by atoms with Gasteiger partial charge in [0.25, 0.3) is 0 Å². The molecule has 1 aromatic carbocycles. The number of pyridine rings is 2. The summed E-state index contributed by atoms with van der Waals surface area (Å²) in [4.78, 5) is 23.4. The Hall–Kier alpha value is -3.02. The van der Waals surface area contributed by atoms with Gasteiger partial charge in [0.2, 0.25) is 0 Å². The summed E-state index contributed by atoms with van der Waals surface area (Å²) in [6.45, 7) is 3.74. The van der Waals surface area contributed by atoms with Crippen LogP contribution < -0.4 is 4.90 Å². The first-order valence-electron chi connectivity index (χ1n) is 9.59. The molecule has 0 atom stereocenters. The van der Waals surface area contributed by atoms with Crippen LogP contribution >= 0.6 is 0 Å². The number of halogens is 1. The van der Waals surface area contributed by atoms with Gasteiger partial charge in [-0.15, -0.1) is 0 Å². The zero-order chi connectivity index (χ0) is 19.5. The highest BCUT2D eigenvalue weighted by Crippen LogP contribution is 2.29. The quantitative estimate of drug-likeness (QED) is 0.636. The number of fused-ring (bicyclic) bond motifs is 1. The lowest BCUT2D eigenvalue weighted by Crippen LogP contribution is -2.37. The molecule has 4 rings (SSSR count). The number of benzene rings is 1. The van der Waals surface area contributed by atoms with Crippen molar-refractivity contribution in [2.75, 3.05) is 24.6 Å². The van der Waals surface area contributed by atoms with Crippen molar-refractivity contribution in [2.24, 2.45) is 5.92 Å². The molecule has 0 amide bonds. The van der Waals surface area contributed by atoms with E-state index in [1.165, 1.54) is 12.1 Å². The topological polar surface area (TPSA) is 55.3 Å². The molecule has 3 aromatic rings. The highest BCUT2D eigenvalue weighted by molar-refractivity contribution is 5.92. The van der Waals surface area contributed by atoms with Crippen LogP contribution in [0.25, 0.3) is 22.2 Å². The summed E-state index contributed by atoms with van der Waals surface area (Å²) in [5, 5.41) is 0.958. The van der Waals surface area contributed by atoms with Crippen LogP contribution in [0.5, 0.6) is 0 Å². The van der Waals surface area contributed by atoms with E-state index in [1.807, 2.05) is 31.2 Å². The third-order valence-electron chi connectivity index (χ3n) is 5.13. The van der Waals surface area contributed by atoms with Gasteiger partial charge in [-0.3, -0.25) is 9.78 Å². The maximum Gasteiger partial charge on any atom is 0.309 e. The molecule has 0 unspecified atom stereocenters. The fourth-order valence-corrected chi connectivity index (χ4v) is 3.66. The first-order valence-corrected chi connectivity index (χ1v) is 9.59. The number of piperidine rings is 1.